The minimum Gasteiger partial charge on any atom is -0.493 e. The van der Waals surface area contributed by atoms with E-state index in [0.29, 0.717) is 23.5 Å². The number of carbonyl (C=O) groups excluding carboxylic acids is 3. The number of benzene rings is 3. The summed E-state index contributed by atoms with van der Waals surface area (Å²) in [5.41, 5.74) is 2.11. The maximum Gasteiger partial charge on any atom is 0.291 e. The number of nitrogens with zero attached hydrogens (tertiary/aromatic N) is 1. The van der Waals surface area contributed by atoms with Crippen LogP contribution in [-0.4, -0.2) is 43.1 Å². The quantitative estimate of drug-likeness (QED) is 0.300. The molecule has 0 aromatic heterocycles. The van der Waals surface area contributed by atoms with Crippen molar-refractivity contribution in [2.24, 2.45) is 5.92 Å². The van der Waals surface area contributed by atoms with Crippen LogP contribution in [0.5, 0.6) is 11.5 Å². The third-order valence-corrected chi connectivity index (χ3v) is 5.98. The van der Waals surface area contributed by atoms with Gasteiger partial charge < -0.3 is 14.4 Å². The molecule has 3 aromatic carbocycles. The van der Waals surface area contributed by atoms with E-state index in [1.807, 2.05) is 54.6 Å². The first-order valence-corrected chi connectivity index (χ1v) is 10.7. The van der Waals surface area contributed by atoms with E-state index >= 15 is 0 Å². The zero-order valence-electron chi connectivity index (χ0n) is 18.6. The monoisotopic (exact) mass is 443 g/mol. The SMILES string of the molecule is COc1ccc(CCN2C(=O)C(=O)C(C(=O)c3ccccc3)C2c2ccccc2)cc1OC. The summed E-state index contributed by atoms with van der Waals surface area (Å²) >= 11 is 0. The number of likely N-dealkylation sites (tertiary alicyclic amines) is 1. The first-order valence-electron chi connectivity index (χ1n) is 10.7. The first-order chi connectivity index (χ1) is 16.0. The van der Waals surface area contributed by atoms with Crippen LogP contribution in [0.25, 0.3) is 0 Å². The van der Waals surface area contributed by atoms with Gasteiger partial charge in [0.05, 0.1) is 20.3 Å². The van der Waals surface area contributed by atoms with Gasteiger partial charge in [-0.05, 0) is 29.7 Å². The molecule has 0 spiro atoms. The predicted octanol–water partition coefficient (Wildman–Crippen LogP) is 3.90. The molecule has 0 saturated carbocycles. The molecular weight excluding hydrogens is 418 g/mol. The Morgan fingerprint density at radius 3 is 2.12 bits per heavy atom. The topological polar surface area (TPSA) is 72.9 Å². The average Bonchev–Trinajstić information content (AvgIpc) is 3.12. The van der Waals surface area contributed by atoms with Crippen molar-refractivity contribution >= 4 is 17.5 Å². The largest absolute Gasteiger partial charge is 0.493 e. The summed E-state index contributed by atoms with van der Waals surface area (Å²) < 4.78 is 10.7. The summed E-state index contributed by atoms with van der Waals surface area (Å²) in [6.07, 6.45) is 0.495. The number of methoxy groups -OCH3 is 2. The Labute approximate surface area is 192 Å². The lowest BCUT2D eigenvalue weighted by molar-refractivity contribution is -0.140. The molecule has 4 rings (SSSR count). The average molecular weight is 443 g/mol. The fraction of sp³-hybridized carbons (Fsp3) is 0.222. The minimum absolute atomic E-state index is 0.290. The predicted molar refractivity (Wildman–Crippen MR) is 123 cm³/mol. The number of hydrogen-bond donors (Lipinski definition) is 0. The summed E-state index contributed by atoms with van der Waals surface area (Å²) in [5.74, 6) is -1.49. The molecule has 1 saturated heterocycles. The highest BCUT2D eigenvalue weighted by Gasteiger charge is 2.51. The van der Waals surface area contributed by atoms with Crippen molar-refractivity contribution < 1.29 is 23.9 Å². The molecule has 1 fully saturated rings. The van der Waals surface area contributed by atoms with Gasteiger partial charge in [0.2, 0.25) is 5.78 Å². The van der Waals surface area contributed by atoms with E-state index in [-0.39, 0.29) is 12.3 Å². The number of hydrogen-bond acceptors (Lipinski definition) is 5. The van der Waals surface area contributed by atoms with Crippen molar-refractivity contribution in [1.82, 2.24) is 4.90 Å². The van der Waals surface area contributed by atoms with E-state index in [1.165, 1.54) is 4.90 Å². The van der Waals surface area contributed by atoms with E-state index in [4.69, 9.17) is 9.47 Å². The van der Waals surface area contributed by atoms with Crippen molar-refractivity contribution in [3.63, 3.8) is 0 Å². The van der Waals surface area contributed by atoms with Gasteiger partial charge in [-0.1, -0.05) is 66.7 Å². The van der Waals surface area contributed by atoms with Gasteiger partial charge in [0.15, 0.2) is 17.3 Å². The Morgan fingerprint density at radius 2 is 1.48 bits per heavy atom. The molecule has 3 aromatic rings. The van der Waals surface area contributed by atoms with Gasteiger partial charge >= 0.3 is 0 Å². The van der Waals surface area contributed by atoms with Crippen LogP contribution in [0.3, 0.4) is 0 Å². The van der Waals surface area contributed by atoms with E-state index in [1.54, 1.807) is 38.5 Å². The van der Waals surface area contributed by atoms with Crippen LogP contribution >= 0.6 is 0 Å². The van der Waals surface area contributed by atoms with Gasteiger partial charge in [0, 0.05) is 12.1 Å². The van der Waals surface area contributed by atoms with Crippen LogP contribution in [0, 0.1) is 5.92 Å². The maximum atomic E-state index is 13.3. The van der Waals surface area contributed by atoms with E-state index in [0.717, 1.165) is 11.1 Å². The van der Waals surface area contributed by atoms with Gasteiger partial charge in [-0.15, -0.1) is 0 Å². The second-order valence-corrected chi connectivity index (χ2v) is 7.87. The molecule has 0 bridgehead atoms. The van der Waals surface area contributed by atoms with Gasteiger partial charge in [0.25, 0.3) is 5.91 Å². The molecule has 0 aliphatic carbocycles. The Kier molecular flexibility index (Phi) is 6.54. The smallest absolute Gasteiger partial charge is 0.291 e. The number of ether oxygens (including phenoxy) is 2. The molecule has 0 radical (unpaired) electrons. The zero-order chi connectivity index (χ0) is 23.4. The lowest BCUT2D eigenvalue weighted by atomic mass is 9.86. The van der Waals surface area contributed by atoms with Crippen LogP contribution in [0.15, 0.2) is 78.9 Å². The van der Waals surface area contributed by atoms with Crippen LogP contribution in [-0.2, 0) is 16.0 Å². The van der Waals surface area contributed by atoms with Gasteiger partial charge in [-0.2, -0.15) is 0 Å². The first kappa shape index (κ1) is 22.3. The van der Waals surface area contributed by atoms with Crippen LogP contribution in [0.1, 0.15) is 27.5 Å². The fourth-order valence-electron chi connectivity index (χ4n) is 4.32. The van der Waals surface area contributed by atoms with Crippen molar-refractivity contribution in [2.45, 2.75) is 12.5 Å². The molecular formula is C27H25NO5. The molecule has 1 heterocycles. The van der Waals surface area contributed by atoms with Crippen LogP contribution in [0.2, 0.25) is 0 Å². The summed E-state index contributed by atoms with van der Waals surface area (Å²) in [4.78, 5) is 41.0. The standard InChI is InChI=1S/C27H25NO5/c1-32-21-14-13-18(17-22(21)33-2)15-16-28-24(19-9-5-3-6-10-19)23(26(30)27(28)31)25(29)20-11-7-4-8-12-20/h3-14,17,23-24H,15-16H2,1-2H3. The molecule has 33 heavy (non-hydrogen) atoms. The molecule has 2 atom stereocenters. The lowest BCUT2D eigenvalue weighted by Crippen LogP contribution is -2.32. The third kappa shape index (κ3) is 4.37. The maximum absolute atomic E-state index is 13.3. The molecule has 1 amide bonds. The highest BCUT2D eigenvalue weighted by molar-refractivity contribution is 6.44. The summed E-state index contributed by atoms with van der Waals surface area (Å²) in [6, 6.07) is 22.8. The second-order valence-electron chi connectivity index (χ2n) is 7.87. The Hall–Kier alpha value is -3.93. The van der Waals surface area contributed by atoms with E-state index < -0.39 is 23.7 Å². The fourth-order valence-corrected chi connectivity index (χ4v) is 4.32. The summed E-state index contributed by atoms with van der Waals surface area (Å²) in [5, 5.41) is 0. The lowest BCUT2D eigenvalue weighted by Gasteiger charge is -2.27. The van der Waals surface area contributed by atoms with Crippen LogP contribution < -0.4 is 9.47 Å². The van der Waals surface area contributed by atoms with Gasteiger partial charge in [0.1, 0.15) is 5.92 Å². The summed E-state index contributed by atoms with van der Waals surface area (Å²) in [6.45, 7) is 0.290. The molecule has 2 unspecified atom stereocenters. The normalized spacial score (nSPS) is 17.8. The number of Topliss-reactive ketones (excluding diaryl/α,β-unsaturated/α-hetero) is 2. The van der Waals surface area contributed by atoms with Crippen molar-refractivity contribution in [3.8, 4) is 11.5 Å². The second kappa shape index (κ2) is 9.69. The van der Waals surface area contributed by atoms with Gasteiger partial charge in [-0.25, -0.2) is 0 Å². The van der Waals surface area contributed by atoms with E-state index in [9.17, 15) is 14.4 Å². The molecule has 0 N–H and O–H groups in total. The molecule has 6 nitrogen and oxygen atoms in total. The zero-order valence-corrected chi connectivity index (χ0v) is 18.6. The van der Waals surface area contributed by atoms with E-state index in [2.05, 4.69) is 0 Å². The molecule has 6 heteroatoms. The molecule has 1 aliphatic heterocycles. The Morgan fingerprint density at radius 1 is 0.848 bits per heavy atom. The number of rotatable bonds is 8. The summed E-state index contributed by atoms with van der Waals surface area (Å²) in [7, 11) is 3.13. The highest BCUT2D eigenvalue weighted by atomic mass is 16.5. The highest BCUT2D eigenvalue weighted by Crippen LogP contribution is 2.38. The Bertz CT molecular complexity index is 1160. The number of carbonyl (C=O) groups is 3. The van der Waals surface area contributed by atoms with Crippen molar-refractivity contribution in [2.75, 3.05) is 20.8 Å². The molecule has 1 aliphatic rings. The third-order valence-electron chi connectivity index (χ3n) is 5.98. The van der Waals surface area contributed by atoms with Crippen molar-refractivity contribution in [3.05, 3.63) is 95.6 Å². The van der Waals surface area contributed by atoms with Crippen molar-refractivity contribution in [1.29, 1.82) is 0 Å². The number of amides is 1. The molecule has 168 valence electrons. The minimum atomic E-state index is -1.08. The van der Waals surface area contributed by atoms with Crippen LogP contribution in [0.4, 0.5) is 0 Å². The Balaban J connectivity index is 1.66. The number of ketones is 2. The van der Waals surface area contributed by atoms with Gasteiger partial charge in [-0.3, -0.25) is 14.4 Å².